The van der Waals surface area contributed by atoms with Crippen molar-refractivity contribution in [3.05, 3.63) is 100 Å². The van der Waals surface area contributed by atoms with Crippen LogP contribution < -0.4 is 10.0 Å². The minimum Gasteiger partial charge on any atom is -0.464 e. The van der Waals surface area contributed by atoms with Gasteiger partial charge in [0.1, 0.15) is 0 Å². The van der Waals surface area contributed by atoms with Crippen molar-refractivity contribution >= 4 is 45.5 Å². The molecule has 2 aliphatic heterocycles. The van der Waals surface area contributed by atoms with Gasteiger partial charge in [0.2, 0.25) is 10.0 Å². The Morgan fingerprint density at radius 1 is 0.941 bits per heavy atom. The third-order valence-electron chi connectivity index (χ3n) is 5.59. The minimum absolute atomic E-state index is 0.0420. The first-order chi connectivity index (χ1) is 16.5. The molecule has 0 saturated carbocycles. The molecule has 0 aromatic heterocycles. The van der Waals surface area contributed by atoms with Gasteiger partial charge in [-0.1, -0.05) is 42.5 Å². The Labute approximate surface area is 199 Å². The number of methoxy groups -OCH3 is 1. The fourth-order valence-electron chi connectivity index (χ4n) is 4.05. The Morgan fingerprint density at radius 3 is 2.24 bits per heavy atom. The Hall–Kier alpha value is -4.18. The van der Waals surface area contributed by atoms with E-state index in [1.54, 1.807) is 17.1 Å². The van der Waals surface area contributed by atoms with Gasteiger partial charge in [-0.3, -0.25) is 10.1 Å². The third-order valence-corrected chi connectivity index (χ3v) is 6.88. The number of hydrogen-bond donors (Lipinski definition) is 0. The van der Waals surface area contributed by atoms with Gasteiger partial charge in [-0.05, 0) is 43.0 Å². The zero-order valence-electron chi connectivity index (χ0n) is 18.3. The SMILES string of the molecule is COC(=O)C1=NN(c2ccc([N+](=O)[O-])cc2)C2(S1)c1ccccc1C(C)=NN2c1ccccc1. The molecule has 0 fully saturated rings. The normalized spacial score (nSPS) is 18.9. The lowest BCUT2D eigenvalue weighted by Crippen LogP contribution is -2.53. The van der Waals surface area contributed by atoms with E-state index in [4.69, 9.17) is 9.84 Å². The van der Waals surface area contributed by atoms with Crippen LogP contribution in [0.2, 0.25) is 0 Å². The van der Waals surface area contributed by atoms with Crippen molar-refractivity contribution in [1.29, 1.82) is 0 Å². The van der Waals surface area contributed by atoms with E-state index < -0.39 is 15.9 Å². The van der Waals surface area contributed by atoms with Gasteiger partial charge in [0.05, 0.1) is 29.1 Å². The molecule has 0 bridgehead atoms. The number of carbonyl (C=O) groups is 1. The molecular weight excluding hydrogens is 454 g/mol. The summed E-state index contributed by atoms with van der Waals surface area (Å²) in [5.41, 5.74) is 3.90. The minimum atomic E-state index is -1.11. The number of non-ortho nitro benzene ring substituents is 1. The summed E-state index contributed by atoms with van der Waals surface area (Å²) in [5, 5.41) is 24.4. The number of carbonyl (C=O) groups excluding carboxylic acids is 1. The number of hydrazone groups is 2. The van der Waals surface area contributed by atoms with Crippen LogP contribution in [-0.4, -0.2) is 28.8 Å². The van der Waals surface area contributed by atoms with Crippen LogP contribution in [0.5, 0.6) is 0 Å². The fourth-order valence-corrected chi connectivity index (χ4v) is 5.36. The second-order valence-corrected chi connectivity index (χ2v) is 8.73. The van der Waals surface area contributed by atoms with Gasteiger partial charge >= 0.3 is 5.97 Å². The molecular formula is C24H19N5O4S. The van der Waals surface area contributed by atoms with E-state index >= 15 is 0 Å². The number of esters is 1. The van der Waals surface area contributed by atoms with Crippen LogP contribution in [0, 0.1) is 10.1 Å². The fraction of sp³-hybridized carbons (Fsp3) is 0.125. The number of ether oxygens (including phenoxy) is 1. The molecule has 3 aromatic rings. The first-order valence-electron chi connectivity index (χ1n) is 10.4. The molecule has 0 radical (unpaired) electrons. The Balaban J connectivity index is 1.78. The maximum Gasteiger partial charge on any atom is 0.365 e. The summed E-state index contributed by atoms with van der Waals surface area (Å²) in [5.74, 6) is -0.578. The molecule has 9 nitrogen and oxygen atoms in total. The lowest BCUT2D eigenvalue weighted by Gasteiger charge is -2.46. The number of hydrogen-bond acceptors (Lipinski definition) is 9. The van der Waals surface area contributed by atoms with Crippen LogP contribution in [-0.2, 0) is 14.5 Å². The number of nitro groups is 1. The van der Waals surface area contributed by atoms with Gasteiger partial charge in [-0.2, -0.15) is 10.2 Å². The van der Waals surface area contributed by atoms with Gasteiger partial charge in [0.15, 0.2) is 0 Å². The molecule has 0 amide bonds. The maximum atomic E-state index is 12.6. The topological polar surface area (TPSA) is 101 Å². The van der Waals surface area contributed by atoms with E-state index in [1.807, 2.05) is 66.5 Å². The van der Waals surface area contributed by atoms with Crippen molar-refractivity contribution in [3.8, 4) is 0 Å². The average molecular weight is 474 g/mol. The Morgan fingerprint density at radius 2 is 1.56 bits per heavy atom. The first kappa shape index (κ1) is 21.7. The van der Waals surface area contributed by atoms with E-state index in [0.29, 0.717) is 5.69 Å². The van der Waals surface area contributed by atoms with Crippen molar-refractivity contribution in [2.45, 2.75) is 11.9 Å². The number of rotatable bonds is 4. The van der Waals surface area contributed by atoms with Crippen LogP contribution in [0.25, 0.3) is 0 Å². The summed E-state index contributed by atoms with van der Waals surface area (Å²) in [6, 6.07) is 23.4. The summed E-state index contributed by atoms with van der Waals surface area (Å²) in [7, 11) is 1.30. The van der Waals surface area contributed by atoms with Gasteiger partial charge in [0, 0.05) is 23.3 Å². The molecule has 3 aromatic carbocycles. The average Bonchev–Trinajstić information content (AvgIpc) is 3.27. The highest BCUT2D eigenvalue weighted by Gasteiger charge is 2.56. The van der Waals surface area contributed by atoms with Crippen molar-refractivity contribution in [2.75, 3.05) is 17.1 Å². The molecule has 5 rings (SSSR count). The molecule has 170 valence electrons. The van der Waals surface area contributed by atoms with Crippen LogP contribution in [0.1, 0.15) is 18.1 Å². The summed E-state index contributed by atoms with van der Waals surface area (Å²) in [6.07, 6.45) is 0. The number of nitrogens with zero attached hydrogens (tertiary/aromatic N) is 5. The second-order valence-electron chi connectivity index (χ2n) is 7.57. The van der Waals surface area contributed by atoms with Gasteiger partial charge in [-0.25, -0.2) is 14.8 Å². The molecule has 1 spiro atoms. The van der Waals surface area contributed by atoms with Crippen molar-refractivity contribution < 1.29 is 14.5 Å². The third kappa shape index (κ3) is 3.30. The molecule has 1 unspecified atom stereocenters. The highest BCUT2D eigenvalue weighted by molar-refractivity contribution is 8.16. The number of nitro benzene ring substituents is 1. The highest BCUT2D eigenvalue weighted by atomic mass is 32.2. The van der Waals surface area contributed by atoms with E-state index in [9.17, 15) is 14.9 Å². The van der Waals surface area contributed by atoms with E-state index in [2.05, 4.69) is 5.10 Å². The zero-order valence-corrected chi connectivity index (χ0v) is 19.1. The standard InChI is InChI=1S/C24H19N5O4S/c1-16-20-10-6-7-11-21(20)24(27(25-16)17-8-4-3-5-9-17)28(26-22(34-24)23(30)33-2)18-12-14-19(15-13-18)29(31)32/h3-15H,1-2H3. The van der Waals surface area contributed by atoms with Crippen LogP contribution in [0.15, 0.2) is 89.1 Å². The summed E-state index contributed by atoms with van der Waals surface area (Å²) < 4.78 is 4.99. The molecule has 0 aliphatic carbocycles. The predicted molar refractivity (Wildman–Crippen MR) is 132 cm³/mol. The first-order valence-corrected chi connectivity index (χ1v) is 11.2. The second kappa shape index (κ2) is 8.31. The van der Waals surface area contributed by atoms with E-state index in [0.717, 1.165) is 22.5 Å². The number of para-hydroxylation sites is 1. The number of anilines is 2. The number of thioether (sulfide) groups is 1. The van der Waals surface area contributed by atoms with Crippen molar-refractivity contribution in [2.24, 2.45) is 10.2 Å². The molecule has 0 N–H and O–H groups in total. The maximum absolute atomic E-state index is 12.6. The van der Waals surface area contributed by atoms with Crippen LogP contribution >= 0.6 is 11.8 Å². The Bertz CT molecular complexity index is 1340. The highest BCUT2D eigenvalue weighted by Crippen LogP contribution is 2.54. The molecule has 0 saturated heterocycles. The van der Waals surface area contributed by atoms with E-state index in [-0.39, 0.29) is 10.7 Å². The molecule has 34 heavy (non-hydrogen) atoms. The summed E-state index contributed by atoms with van der Waals surface area (Å²) in [4.78, 5) is 22.3. The molecule has 10 heteroatoms. The predicted octanol–water partition coefficient (Wildman–Crippen LogP) is 4.69. The van der Waals surface area contributed by atoms with Gasteiger partial charge in [-0.15, -0.1) is 0 Å². The van der Waals surface area contributed by atoms with Crippen molar-refractivity contribution in [3.63, 3.8) is 0 Å². The monoisotopic (exact) mass is 473 g/mol. The molecule has 1 atom stereocenters. The number of fused-ring (bicyclic) bond motifs is 2. The Kier molecular flexibility index (Phi) is 5.29. The molecule has 2 aliphatic rings. The number of benzene rings is 3. The lowest BCUT2D eigenvalue weighted by atomic mass is 9.98. The quantitative estimate of drug-likeness (QED) is 0.308. The summed E-state index contributed by atoms with van der Waals surface area (Å²) >= 11 is 1.21. The largest absolute Gasteiger partial charge is 0.464 e. The van der Waals surface area contributed by atoms with Gasteiger partial charge < -0.3 is 4.74 Å². The van der Waals surface area contributed by atoms with Crippen LogP contribution in [0.4, 0.5) is 17.1 Å². The lowest BCUT2D eigenvalue weighted by molar-refractivity contribution is -0.384. The smallest absolute Gasteiger partial charge is 0.365 e. The zero-order chi connectivity index (χ0) is 23.9. The van der Waals surface area contributed by atoms with E-state index in [1.165, 1.54) is 31.0 Å². The summed E-state index contributed by atoms with van der Waals surface area (Å²) in [6.45, 7) is 1.93. The van der Waals surface area contributed by atoms with Gasteiger partial charge in [0.25, 0.3) is 5.69 Å². The molecule has 2 heterocycles. The van der Waals surface area contributed by atoms with Crippen LogP contribution in [0.3, 0.4) is 0 Å². The van der Waals surface area contributed by atoms with Crippen molar-refractivity contribution in [1.82, 2.24) is 0 Å².